The van der Waals surface area contributed by atoms with Gasteiger partial charge in [-0.15, -0.1) is 0 Å². The molecule has 0 saturated carbocycles. The van der Waals surface area contributed by atoms with E-state index in [-0.39, 0.29) is 0 Å². The van der Waals surface area contributed by atoms with Gasteiger partial charge in [0, 0.05) is 10.4 Å². The van der Waals surface area contributed by atoms with Gasteiger partial charge < -0.3 is 0 Å². The van der Waals surface area contributed by atoms with Crippen LogP contribution in [0.2, 0.25) is 0 Å². The molecular formula is C14H13Br. The van der Waals surface area contributed by atoms with Gasteiger partial charge in [0.25, 0.3) is 0 Å². The van der Waals surface area contributed by atoms with Crippen LogP contribution in [0.3, 0.4) is 0 Å². The molecule has 0 aliphatic heterocycles. The number of fused-ring (bicyclic) bond motifs is 3. The van der Waals surface area contributed by atoms with Gasteiger partial charge >= 0.3 is 0 Å². The molecule has 2 unspecified atom stereocenters. The van der Waals surface area contributed by atoms with Crippen molar-refractivity contribution in [2.45, 2.75) is 19.3 Å². The highest BCUT2D eigenvalue weighted by Crippen LogP contribution is 2.43. The van der Waals surface area contributed by atoms with Crippen molar-refractivity contribution in [3.05, 3.63) is 57.6 Å². The van der Waals surface area contributed by atoms with Crippen molar-refractivity contribution in [2.24, 2.45) is 5.92 Å². The zero-order valence-electron chi connectivity index (χ0n) is 8.70. The maximum Gasteiger partial charge on any atom is 0.0178 e. The Morgan fingerprint density at radius 1 is 1.33 bits per heavy atom. The second-order valence-corrected chi connectivity index (χ2v) is 5.42. The molecule has 15 heavy (non-hydrogen) atoms. The van der Waals surface area contributed by atoms with Crippen LogP contribution in [0.1, 0.15) is 24.0 Å². The first kappa shape index (κ1) is 9.41. The third-order valence-electron chi connectivity index (χ3n) is 3.42. The molecule has 0 spiro atoms. The molecule has 2 atom stereocenters. The first-order valence-electron chi connectivity index (χ1n) is 5.39. The third-order valence-corrected chi connectivity index (χ3v) is 3.92. The summed E-state index contributed by atoms with van der Waals surface area (Å²) in [5.41, 5.74) is 4.43. The lowest BCUT2D eigenvalue weighted by molar-refractivity contribution is 0.625. The van der Waals surface area contributed by atoms with Crippen LogP contribution >= 0.6 is 15.9 Å². The highest BCUT2D eigenvalue weighted by molar-refractivity contribution is 9.10. The van der Waals surface area contributed by atoms with E-state index in [4.69, 9.17) is 0 Å². The van der Waals surface area contributed by atoms with E-state index in [0.717, 1.165) is 0 Å². The summed E-state index contributed by atoms with van der Waals surface area (Å²) in [5, 5.41) is 0. The van der Waals surface area contributed by atoms with Gasteiger partial charge in [0.1, 0.15) is 0 Å². The van der Waals surface area contributed by atoms with E-state index < -0.39 is 0 Å². The zero-order chi connectivity index (χ0) is 10.4. The fourth-order valence-corrected chi connectivity index (χ4v) is 3.15. The minimum Gasteiger partial charge on any atom is -0.0772 e. The van der Waals surface area contributed by atoms with Crippen LogP contribution in [0.4, 0.5) is 0 Å². The number of hydrogen-bond donors (Lipinski definition) is 0. The summed E-state index contributed by atoms with van der Waals surface area (Å²) in [7, 11) is 0. The molecule has 0 amide bonds. The molecule has 3 rings (SSSR count). The molecule has 2 aliphatic carbocycles. The monoisotopic (exact) mass is 260 g/mol. The Morgan fingerprint density at radius 3 is 3.07 bits per heavy atom. The fourth-order valence-electron chi connectivity index (χ4n) is 2.75. The average molecular weight is 261 g/mol. The number of halogens is 1. The second kappa shape index (κ2) is 3.34. The molecule has 2 aliphatic rings. The molecule has 0 bridgehead atoms. The topological polar surface area (TPSA) is 0 Å². The summed E-state index contributed by atoms with van der Waals surface area (Å²) in [6.45, 7) is 2.19. The Kier molecular flexibility index (Phi) is 2.10. The van der Waals surface area contributed by atoms with Crippen molar-refractivity contribution in [1.29, 1.82) is 0 Å². The average Bonchev–Trinajstić information content (AvgIpc) is 2.53. The Balaban J connectivity index is 2.07. The van der Waals surface area contributed by atoms with E-state index in [2.05, 4.69) is 59.3 Å². The normalized spacial score (nSPS) is 27.2. The van der Waals surface area contributed by atoms with Gasteiger partial charge in [0.05, 0.1) is 0 Å². The Bertz CT molecular complexity index is 468. The third kappa shape index (κ3) is 1.50. The van der Waals surface area contributed by atoms with E-state index in [0.29, 0.717) is 11.8 Å². The smallest absolute Gasteiger partial charge is 0.0178 e. The second-order valence-electron chi connectivity index (χ2n) is 4.51. The molecule has 76 valence electrons. The minimum absolute atomic E-state index is 0.622. The van der Waals surface area contributed by atoms with Crippen molar-refractivity contribution in [2.75, 3.05) is 0 Å². The minimum atomic E-state index is 0.622. The van der Waals surface area contributed by atoms with Crippen molar-refractivity contribution in [3.8, 4) is 0 Å². The Labute approximate surface area is 98.8 Å². The van der Waals surface area contributed by atoms with Crippen molar-refractivity contribution < 1.29 is 0 Å². The molecule has 0 N–H and O–H groups in total. The Morgan fingerprint density at radius 2 is 2.20 bits per heavy atom. The summed E-state index contributed by atoms with van der Waals surface area (Å²) >= 11 is 3.54. The lowest BCUT2D eigenvalue weighted by Crippen LogP contribution is -2.06. The molecule has 1 aromatic carbocycles. The molecule has 0 saturated heterocycles. The van der Waals surface area contributed by atoms with Gasteiger partial charge in [-0.1, -0.05) is 45.8 Å². The van der Waals surface area contributed by atoms with Crippen LogP contribution in [0.5, 0.6) is 0 Å². The van der Waals surface area contributed by atoms with E-state index in [1.54, 1.807) is 0 Å². The fraction of sp³-hybridized carbons (Fsp3) is 0.286. The molecular weight excluding hydrogens is 248 g/mol. The predicted octanol–water partition coefficient (Wildman–Crippen LogP) is 4.22. The molecule has 0 heterocycles. The van der Waals surface area contributed by atoms with Crippen LogP contribution in [0, 0.1) is 5.92 Å². The van der Waals surface area contributed by atoms with Crippen LogP contribution in [0.15, 0.2) is 46.5 Å². The maximum absolute atomic E-state index is 3.54. The van der Waals surface area contributed by atoms with Crippen LogP contribution in [0.25, 0.3) is 0 Å². The van der Waals surface area contributed by atoms with Crippen LogP contribution < -0.4 is 0 Å². The molecule has 1 aromatic rings. The molecule has 0 aromatic heterocycles. The van der Waals surface area contributed by atoms with Gasteiger partial charge in [0.15, 0.2) is 0 Å². The highest BCUT2D eigenvalue weighted by Gasteiger charge is 2.30. The quantitative estimate of drug-likeness (QED) is 0.655. The molecule has 0 radical (unpaired) electrons. The van der Waals surface area contributed by atoms with E-state index in [1.807, 2.05) is 0 Å². The van der Waals surface area contributed by atoms with Crippen molar-refractivity contribution >= 4 is 15.9 Å². The SMILES string of the molecule is CC1=CC2Cc3cc(Br)ccc3C2C=C1. The first-order chi connectivity index (χ1) is 7.24. The largest absolute Gasteiger partial charge is 0.0772 e. The Hall–Kier alpha value is -0.820. The number of benzene rings is 1. The predicted molar refractivity (Wildman–Crippen MR) is 67.0 cm³/mol. The summed E-state index contributed by atoms with van der Waals surface area (Å²) in [6, 6.07) is 6.69. The number of rotatable bonds is 0. The lowest BCUT2D eigenvalue weighted by Gasteiger charge is -2.18. The molecule has 0 nitrogen and oxygen atoms in total. The van der Waals surface area contributed by atoms with Crippen LogP contribution in [-0.4, -0.2) is 0 Å². The summed E-state index contributed by atoms with van der Waals surface area (Å²) in [5.74, 6) is 1.32. The number of hydrogen-bond acceptors (Lipinski definition) is 0. The summed E-state index contributed by atoms with van der Waals surface area (Å²) < 4.78 is 1.20. The highest BCUT2D eigenvalue weighted by atomic mass is 79.9. The standard InChI is InChI=1S/C14H13Br/c1-9-2-4-13-10(6-9)7-11-8-12(15)3-5-14(11)13/h2-6,8,10,13H,7H2,1H3. The van der Waals surface area contributed by atoms with Gasteiger partial charge in [0.2, 0.25) is 0 Å². The van der Waals surface area contributed by atoms with E-state index in [1.165, 1.54) is 27.6 Å². The number of allylic oxidation sites excluding steroid dienone is 4. The summed E-state index contributed by atoms with van der Waals surface area (Å²) in [6.07, 6.45) is 8.22. The van der Waals surface area contributed by atoms with Gasteiger partial charge in [-0.05, 0) is 42.5 Å². The van der Waals surface area contributed by atoms with Crippen LogP contribution in [-0.2, 0) is 6.42 Å². The lowest BCUT2D eigenvalue weighted by atomic mass is 9.87. The van der Waals surface area contributed by atoms with Crippen molar-refractivity contribution in [1.82, 2.24) is 0 Å². The zero-order valence-corrected chi connectivity index (χ0v) is 10.3. The van der Waals surface area contributed by atoms with Gasteiger partial charge in [-0.2, -0.15) is 0 Å². The molecule has 1 heteroatoms. The first-order valence-corrected chi connectivity index (χ1v) is 6.18. The van der Waals surface area contributed by atoms with Gasteiger partial charge in [-0.3, -0.25) is 0 Å². The summed E-state index contributed by atoms with van der Waals surface area (Å²) in [4.78, 5) is 0. The van der Waals surface area contributed by atoms with E-state index in [9.17, 15) is 0 Å². The van der Waals surface area contributed by atoms with Gasteiger partial charge in [-0.25, -0.2) is 0 Å². The maximum atomic E-state index is 3.54. The molecule has 0 fully saturated rings. The van der Waals surface area contributed by atoms with Crippen molar-refractivity contribution in [3.63, 3.8) is 0 Å². The van der Waals surface area contributed by atoms with E-state index >= 15 is 0 Å².